The summed E-state index contributed by atoms with van der Waals surface area (Å²) in [5, 5.41) is 0.921. The summed E-state index contributed by atoms with van der Waals surface area (Å²) in [6.45, 7) is 3.99. The molecule has 0 radical (unpaired) electrons. The molecule has 0 N–H and O–H groups in total. The Bertz CT molecular complexity index is 811. The van der Waals surface area contributed by atoms with E-state index in [9.17, 15) is 4.79 Å². The predicted octanol–water partition coefficient (Wildman–Crippen LogP) is 4.60. The normalized spacial score (nSPS) is 11.0. The van der Waals surface area contributed by atoms with Crippen molar-refractivity contribution in [3.63, 3.8) is 0 Å². The molecular formula is C17H16O3S. The standard InChI is InChI=1S/C17H16O3S/c1-4-12-6-8-15(21-12)16(18)17-10(2)13-9-11(19-3)5-7-14(13)20-17/h5-9H,4H2,1-3H3. The van der Waals surface area contributed by atoms with Gasteiger partial charge in [0, 0.05) is 15.8 Å². The number of fused-ring (bicyclic) bond motifs is 1. The van der Waals surface area contributed by atoms with E-state index in [2.05, 4.69) is 6.92 Å². The lowest BCUT2D eigenvalue weighted by molar-refractivity contribution is 0.101. The second-order valence-corrected chi connectivity index (χ2v) is 6.04. The molecule has 108 valence electrons. The fourth-order valence-electron chi connectivity index (χ4n) is 2.35. The molecule has 3 nitrogen and oxygen atoms in total. The number of furan rings is 1. The third-order valence-corrected chi connectivity index (χ3v) is 4.81. The summed E-state index contributed by atoms with van der Waals surface area (Å²) >= 11 is 1.53. The molecule has 0 fully saturated rings. The molecule has 0 saturated carbocycles. The van der Waals surface area contributed by atoms with Crippen molar-refractivity contribution in [1.29, 1.82) is 0 Å². The van der Waals surface area contributed by atoms with Crippen LogP contribution in [0.3, 0.4) is 0 Å². The van der Waals surface area contributed by atoms with Gasteiger partial charge in [-0.1, -0.05) is 6.92 Å². The molecule has 2 heterocycles. The highest BCUT2D eigenvalue weighted by atomic mass is 32.1. The molecule has 0 spiro atoms. The Balaban J connectivity index is 2.07. The van der Waals surface area contributed by atoms with E-state index in [1.807, 2.05) is 37.3 Å². The number of carbonyl (C=O) groups excluding carboxylic acids is 1. The van der Waals surface area contributed by atoms with E-state index in [4.69, 9.17) is 9.15 Å². The smallest absolute Gasteiger partial charge is 0.238 e. The van der Waals surface area contributed by atoms with Crippen molar-refractivity contribution in [3.8, 4) is 5.75 Å². The molecule has 3 rings (SSSR count). The van der Waals surface area contributed by atoms with Crippen LogP contribution in [0.15, 0.2) is 34.7 Å². The number of hydrogen-bond acceptors (Lipinski definition) is 4. The molecule has 4 heteroatoms. The van der Waals surface area contributed by atoms with E-state index in [-0.39, 0.29) is 5.78 Å². The predicted molar refractivity (Wildman–Crippen MR) is 84.6 cm³/mol. The van der Waals surface area contributed by atoms with Crippen molar-refractivity contribution in [1.82, 2.24) is 0 Å². The maximum Gasteiger partial charge on any atom is 0.238 e. The Labute approximate surface area is 127 Å². The average Bonchev–Trinajstić information content (AvgIpc) is 3.11. The van der Waals surface area contributed by atoms with Crippen LogP contribution in [-0.4, -0.2) is 12.9 Å². The fourth-order valence-corrected chi connectivity index (χ4v) is 3.23. The van der Waals surface area contributed by atoms with Crippen molar-refractivity contribution in [2.45, 2.75) is 20.3 Å². The third-order valence-electron chi connectivity index (χ3n) is 3.58. The molecule has 1 aromatic carbocycles. The molecule has 0 bridgehead atoms. The topological polar surface area (TPSA) is 39.4 Å². The fraction of sp³-hybridized carbons (Fsp3) is 0.235. The number of rotatable bonds is 4. The number of aryl methyl sites for hydroxylation is 2. The first-order valence-corrected chi connectivity index (χ1v) is 7.66. The van der Waals surface area contributed by atoms with Crippen LogP contribution in [0.1, 0.15) is 32.8 Å². The second kappa shape index (κ2) is 5.37. The highest BCUT2D eigenvalue weighted by Crippen LogP contribution is 2.31. The van der Waals surface area contributed by atoms with E-state index in [1.54, 1.807) is 7.11 Å². The minimum Gasteiger partial charge on any atom is -0.497 e. The van der Waals surface area contributed by atoms with Gasteiger partial charge in [0.05, 0.1) is 12.0 Å². The van der Waals surface area contributed by atoms with Crippen molar-refractivity contribution < 1.29 is 13.9 Å². The Morgan fingerprint density at radius 3 is 2.76 bits per heavy atom. The highest BCUT2D eigenvalue weighted by molar-refractivity contribution is 7.14. The Morgan fingerprint density at radius 1 is 1.29 bits per heavy atom. The van der Waals surface area contributed by atoms with Gasteiger partial charge in [-0.05, 0) is 43.7 Å². The van der Waals surface area contributed by atoms with Crippen molar-refractivity contribution >= 4 is 28.1 Å². The van der Waals surface area contributed by atoms with E-state index < -0.39 is 0 Å². The number of thiophene rings is 1. The summed E-state index contributed by atoms with van der Waals surface area (Å²) in [6, 6.07) is 9.44. The van der Waals surface area contributed by atoms with Crippen molar-refractivity contribution in [3.05, 3.63) is 51.4 Å². The third kappa shape index (κ3) is 2.36. The maximum absolute atomic E-state index is 12.6. The van der Waals surface area contributed by atoms with E-state index >= 15 is 0 Å². The zero-order valence-corrected chi connectivity index (χ0v) is 13.0. The summed E-state index contributed by atoms with van der Waals surface area (Å²) in [7, 11) is 1.63. The molecule has 21 heavy (non-hydrogen) atoms. The largest absolute Gasteiger partial charge is 0.497 e. The minimum atomic E-state index is -0.0487. The summed E-state index contributed by atoms with van der Waals surface area (Å²) in [4.78, 5) is 14.5. The summed E-state index contributed by atoms with van der Waals surface area (Å²) in [5.41, 5.74) is 1.57. The summed E-state index contributed by atoms with van der Waals surface area (Å²) in [5.74, 6) is 1.13. The summed E-state index contributed by atoms with van der Waals surface area (Å²) in [6.07, 6.45) is 0.939. The molecule has 0 aliphatic heterocycles. The average molecular weight is 300 g/mol. The van der Waals surface area contributed by atoms with E-state index in [1.165, 1.54) is 16.2 Å². The SMILES string of the molecule is CCc1ccc(C(=O)c2oc3ccc(OC)cc3c2C)s1. The Morgan fingerprint density at radius 2 is 2.10 bits per heavy atom. The van der Waals surface area contributed by atoms with E-state index in [0.29, 0.717) is 11.3 Å². The van der Waals surface area contributed by atoms with Gasteiger partial charge in [0.25, 0.3) is 0 Å². The lowest BCUT2D eigenvalue weighted by atomic mass is 10.1. The van der Waals surface area contributed by atoms with E-state index in [0.717, 1.165) is 28.0 Å². The van der Waals surface area contributed by atoms with Gasteiger partial charge in [0.15, 0.2) is 5.76 Å². The zero-order chi connectivity index (χ0) is 15.0. The number of methoxy groups -OCH3 is 1. The molecule has 0 aliphatic rings. The van der Waals surface area contributed by atoms with Crippen LogP contribution in [0.2, 0.25) is 0 Å². The van der Waals surface area contributed by atoms with Gasteiger partial charge in [-0.15, -0.1) is 11.3 Å². The Kier molecular flexibility index (Phi) is 3.55. The quantitative estimate of drug-likeness (QED) is 0.661. The van der Waals surface area contributed by atoms with Crippen LogP contribution in [-0.2, 0) is 6.42 Å². The van der Waals surface area contributed by atoms with Gasteiger partial charge >= 0.3 is 0 Å². The molecule has 2 aromatic heterocycles. The Hall–Kier alpha value is -2.07. The number of hydrogen-bond donors (Lipinski definition) is 0. The molecule has 3 aromatic rings. The minimum absolute atomic E-state index is 0.0487. The number of benzene rings is 1. The number of carbonyl (C=O) groups is 1. The van der Waals surface area contributed by atoms with Gasteiger partial charge < -0.3 is 9.15 Å². The van der Waals surface area contributed by atoms with Crippen molar-refractivity contribution in [2.24, 2.45) is 0 Å². The van der Waals surface area contributed by atoms with Crippen LogP contribution in [0.4, 0.5) is 0 Å². The first kappa shape index (κ1) is 13.9. The van der Waals surface area contributed by atoms with Crippen LogP contribution in [0.25, 0.3) is 11.0 Å². The van der Waals surface area contributed by atoms with Gasteiger partial charge in [0.1, 0.15) is 11.3 Å². The summed E-state index contributed by atoms with van der Waals surface area (Å²) < 4.78 is 11.0. The molecule has 0 aliphatic carbocycles. The number of ether oxygens (including phenoxy) is 1. The monoisotopic (exact) mass is 300 g/mol. The van der Waals surface area contributed by atoms with Gasteiger partial charge in [-0.25, -0.2) is 0 Å². The number of ketones is 1. The molecule has 0 amide bonds. The maximum atomic E-state index is 12.6. The lowest BCUT2D eigenvalue weighted by Gasteiger charge is -1.98. The first-order valence-electron chi connectivity index (χ1n) is 6.84. The molecule has 0 atom stereocenters. The van der Waals surface area contributed by atoms with Crippen LogP contribution in [0, 0.1) is 6.92 Å². The first-order chi connectivity index (χ1) is 10.1. The lowest BCUT2D eigenvalue weighted by Crippen LogP contribution is -1.98. The van der Waals surface area contributed by atoms with Gasteiger partial charge in [-0.2, -0.15) is 0 Å². The van der Waals surface area contributed by atoms with Gasteiger partial charge in [0.2, 0.25) is 5.78 Å². The zero-order valence-electron chi connectivity index (χ0n) is 12.2. The van der Waals surface area contributed by atoms with Crippen LogP contribution in [0.5, 0.6) is 5.75 Å². The second-order valence-electron chi connectivity index (χ2n) is 4.87. The molecule has 0 saturated heterocycles. The molecule has 0 unspecified atom stereocenters. The van der Waals surface area contributed by atoms with Crippen LogP contribution < -0.4 is 4.74 Å². The molecular weight excluding hydrogens is 284 g/mol. The van der Waals surface area contributed by atoms with Gasteiger partial charge in [-0.3, -0.25) is 4.79 Å². The highest BCUT2D eigenvalue weighted by Gasteiger charge is 2.20. The van der Waals surface area contributed by atoms with Crippen molar-refractivity contribution in [2.75, 3.05) is 7.11 Å². The van der Waals surface area contributed by atoms with Crippen LogP contribution >= 0.6 is 11.3 Å².